The van der Waals surface area contributed by atoms with Crippen LogP contribution in [-0.4, -0.2) is 12.7 Å². The molecule has 0 saturated heterocycles. The summed E-state index contributed by atoms with van der Waals surface area (Å²) in [7, 11) is 1.90. The maximum absolute atomic E-state index is 5.88. The quantitative estimate of drug-likeness (QED) is 0.644. The molecule has 2 rings (SSSR count). The zero-order valence-corrected chi connectivity index (χ0v) is 12.1. The highest BCUT2D eigenvalue weighted by Gasteiger charge is 2.47. The Morgan fingerprint density at radius 1 is 1.35 bits per heavy atom. The molecule has 0 aromatic heterocycles. The second kappa shape index (κ2) is 4.76. The Bertz CT molecular complexity index is 305. The van der Waals surface area contributed by atoms with Crippen LogP contribution in [0, 0.1) is 23.7 Å². The highest BCUT2D eigenvalue weighted by atomic mass is 16.5. The molecule has 2 aliphatic carbocycles. The molecular formula is C16H28O. The molecule has 0 aliphatic heterocycles. The maximum atomic E-state index is 5.88. The molecule has 1 nitrogen and oxygen atoms in total. The topological polar surface area (TPSA) is 9.23 Å². The predicted octanol–water partition coefficient (Wildman–Crippen LogP) is 4.43. The lowest BCUT2D eigenvalue weighted by molar-refractivity contribution is -0.107. The maximum Gasteiger partial charge on any atom is 0.0684 e. The van der Waals surface area contributed by atoms with E-state index in [-0.39, 0.29) is 5.60 Å². The van der Waals surface area contributed by atoms with Gasteiger partial charge >= 0.3 is 0 Å². The molecule has 0 N–H and O–H groups in total. The van der Waals surface area contributed by atoms with Crippen LogP contribution < -0.4 is 0 Å². The summed E-state index contributed by atoms with van der Waals surface area (Å²) >= 11 is 0. The standard InChI is InChI=1S/C16H28O/c1-11(2)13-8-9-16(4,17-5)15-7-6-12(3)10-14(13)15/h10-11,13-15H,6-9H2,1-5H3/t13-,14-,15+,16-/m0/s1. The number of fused-ring (bicyclic) bond motifs is 1. The van der Waals surface area contributed by atoms with Crippen LogP contribution >= 0.6 is 0 Å². The van der Waals surface area contributed by atoms with Crippen molar-refractivity contribution in [3.05, 3.63) is 11.6 Å². The van der Waals surface area contributed by atoms with Gasteiger partial charge in [0.1, 0.15) is 0 Å². The second-order valence-electron chi connectivity index (χ2n) is 6.70. The molecule has 1 fully saturated rings. The Kier molecular flexibility index (Phi) is 3.68. The average molecular weight is 236 g/mol. The van der Waals surface area contributed by atoms with Crippen molar-refractivity contribution in [3.63, 3.8) is 0 Å². The molecule has 1 saturated carbocycles. The first kappa shape index (κ1) is 13.1. The predicted molar refractivity (Wildman–Crippen MR) is 72.9 cm³/mol. The molecular weight excluding hydrogens is 208 g/mol. The Morgan fingerprint density at radius 2 is 2.06 bits per heavy atom. The molecule has 4 atom stereocenters. The molecule has 0 aromatic carbocycles. The van der Waals surface area contributed by atoms with Gasteiger partial charge in [0.2, 0.25) is 0 Å². The van der Waals surface area contributed by atoms with Gasteiger partial charge in [-0.1, -0.05) is 25.5 Å². The number of hydrogen-bond acceptors (Lipinski definition) is 1. The van der Waals surface area contributed by atoms with Crippen LogP contribution in [0.1, 0.15) is 53.4 Å². The van der Waals surface area contributed by atoms with E-state index in [0.29, 0.717) is 0 Å². The van der Waals surface area contributed by atoms with Gasteiger partial charge in [0, 0.05) is 7.11 Å². The SMILES string of the molecule is CO[C@@]1(C)CC[C@@H](C(C)C)[C@@H]2C=C(C)CC[C@H]21. The number of ether oxygens (including phenoxy) is 1. The fourth-order valence-corrected chi connectivity index (χ4v) is 4.10. The molecule has 0 unspecified atom stereocenters. The van der Waals surface area contributed by atoms with Crippen molar-refractivity contribution in [2.24, 2.45) is 23.7 Å². The van der Waals surface area contributed by atoms with Gasteiger partial charge < -0.3 is 4.74 Å². The summed E-state index contributed by atoms with van der Waals surface area (Å²) in [5.41, 5.74) is 1.71. The third kappa shape index (κ3) is 2.31. The summed E-state index contributed by atoms with van der Waals surface area (Å²) in [6, 6.07) is 0. The zero-order valence-electron chi connectivity index (χ0n) is 12.1. The van der Waals surface area contributed by atoms with Crippen LogP contribution in [0.4, 0.5) is 0 Å². The highest BCUT2D eigenvalue weighted by Crippen LogP contribution is 2.50. The number of methoxy groups -OCH3 is 1. The van der Waals surface area contributed by atoms with Gasteiger partial charge in [0.15, 0.2) is 0 Å². The minimum absolute atomic E-state index is 0.118. The van der Waals surface area contributed by atoms with E-state index in [1.54, 1.807) is 5.57 Å². The molecule has 0 spiro atoms. The van der Waals surface area contributed by atoms with Gasteiger partial charge in [-0.25, -0.2) is 0 Å². The van der Waals surface area contributed by atoms with E-state index in [0.717, 1.165) is 23.7 Å². The van der Waals surface area contributed by atoms with Crippen LogP contribution in [0.2, 0.25) is 0 Å². The number of hydrogen-bond donors (Lipinski definition) is 0. The fraction of sp³-hybridized carbons (Fsp3) is 0.875. The lowest BCUT2D eigenvalue weighted by Gasteiger charge is -2.51. The summed E-state index contributed by atoms with van der Waals surface area (Å²) < 4.78 is 5.88. The van der Waals surface area contributed by atoms with Gasteiger partial charge in [-0.05, 0) is 63.2 Å². The second-order valence-corrected chi connectivity index (χ2v) is 6.70. The summed E-state index contributed by atoms with van der Waals surface area (Å²) in [6.07, 6.45) is 7.72. The third-order valence-corrected chi connectivity index (χ3v) is 5.37. The zero-order chi connectivity index (χ0) is 12.6. The van der Waals surface area contributed by atoms with Crippen molar-refractivity contribution in [2.45, 2.75) is 59.0 Å². The van der Waals surface area contributed by atoms with Crippen molar-refractivity contribution in [1.29, 1.82) is 0 Å². The summed E-state index contributed by atoms with van der Waals surface area (Å²) in [5.74, 6) is 3.14. The van der Waals surface area contributed by atoms with Gasteiger partial charge in [0.05, 0.1) is 5.60 Å². The Balaban J connectivity index is 2.29. The van der Waals surface area contributed by atoms with E-state index in [9.17, 15) is 0 Å². The van der Waals surface area contributed by atoms with Gasteiger partial charge in [-0.3, -0.25) is 0 Å². The minimum atomic E-state index is 0.118. The van der Waals surface area contributed by atoms with E-state index in [1.807, 2.05) is 7.11 Å². The fourth-order valence-electron chi connectivity index (χ4n) is 4.10. The first-order chi connectivity index (χ1) is 7.98. The molecule has 2 aliphatic rings. The molecule has 1 heteroatoms. The van der Waals surface area contributed by atoms with Crippen LogP contribution in [0.5, 0.6) is 0 Å². The minimum Gasteiger partial charge on any atom is -0.378 e. The monoisotopic (exact) mass is 236 g/mol. The Hall–Kier alpha value is -0.300. The number of allylic oxidation sites excluding steroid dienone is 2. The number of rotatable bonds is 2. The van der Waals surface area contributed by atoms with Crippen LogP contribution in [-0.2, 0) is 4.74 Å². The smallest absolute Gasteiger partial charge is 0.0684 e. The molecule has 0 radical (unpaired) electrons. The molecule has 0 heterocycles. The van der Waals surface area contributed by atoms with Gasteiger partial charge in [-0.2, -0.15) is 0 Å². The van der Waals surface area contributed by atoms with E-state index in [4.69, 9.17) is 4.74 Å². The van der Waals surface area contributed by atoms with Crippen molar-refractivity contribution >= 4 is 0 Å². The summed E-state index contributed by atoms with van der Waals surface area (Å²) in [5, 5.41) is 0. The Labute approximate surface area is 107 Å². The Morgan fingerprint density at radius 3 is 2.65 bits per heavy atom. The summed E-state index contributed by atoms with van der Waals surface area (Å²) in [6.45, 7) is 9.39. The van der Waals surface area contributed by atoms with Crippen LogP contribution in [0.25, 0.3) is 0 Å². The highest BCUT2D eigenvalue weighted by molar-refractivity contribution is 5.14. The lowest BCUT2D eigenvalue weighted by Crippen LogP contribution is -2.49. The van der Waals surface area contributed by atoms with Crippen molar-refractivity contribution in [2.75, 3.05) is 7.11 Å². The van der Waals surface area contributed by atoms with E-state index >= 15 is 0 Å². The average Bonchev–Trinajstić information content (AvgIpc) is 2.28. The lowest BCUT2D eigenvalue weighted by atomic mass is 9.58. The van der Waals surface area contributed by atoms with Crippen LogP contribution in [0.15, 0.2) is 11.6 Å². The van der Waals surface area contributed by atoms with E-state index in [1.165, 1.54) is 25.7 Å². The molecule has 0 bridgehead atoms. The van der Waals surface area contributed by atoms with Crippen molar-refractivity contribution < 1.29 is 4.74 Å². The largest absolute Gasteiger partial charge is 0.378 e. The van der Waals surface area contributed by atoms with Crippen molar-refractivity contribution in [1.82, 2.24) is 0 Å². The first-order valence-corrected chi connectivity index (χ1v) is 7.20. The molecule has 17 heavy (non-hydrogen) atoms. The van der Waals surface area contributed by atoms with E-state index < -0.39 is 0 Å². The third-order valence-electron chi connectivity index (χ3n) is 5.37. The summed E-state index contributed by atoms with van der Waals surface area (Å²) in [4.78, 5) is 0. The van der Waals surface area contributed by atoms with Crippen molar-refractivity contribution in [3.8, 4) is 0 Å². The van der Waals surface area contributed by atoms with E-state index in [2.05, 4.69) is 33.8 Å². The molecule has 98 valence electrons. The molecule has 0 aromatic rings. The normalized spacial score (nSPS) is 42.2. The van der Waals surface area contributed by atoms with Gasteiger partial charge in [-0.15, -0.1) is 0 Å². The molecule has 0 amide bonds. The first-order valence-electron chi connectivity index (χ1n) is 7.20. The van der Waals surface area contributed by atoms with Gasteiger partial charge in [0.25, 0.3) is 0 Å². The van der Waals surface area contributed by atoms with Crippen LogP contribution in [0.3, 0.4) is 0 Å².